The molecule has 0 saturated carbocycles. The first-order valence-corrected chi connectivity index (χ1v) is 9.01. The minimum atomic E-state index is -1.06. The zero-order valence-electron chi connectivity index (χ0n) is 15.4. The molecule has 0 aliphatic carbocycles. The van der Waals surface area contributed by atoms with Crippen molar-refractivity contribution in [2.45, 2.75) is 18.9 Å². The van der Waals surface area contributed by atoms with Gasteiger partial charge in [-0.2, -0.15) is 4.79 Å². The topological polar surface area (TPSA) is 120 Å². The molecule has 8 heteroatoms. The first-order chi connectivity index (χ1) is 14.0. The molecule has 2 aromatic rings. The number of amides is 3. The molecule has 0 aromatic heterocycles. The van der Waals surface area contributed by atoms with Gasteiger partial charge in [0.05, 0.1) is 11.1 Å². The maximum atomic E-state index is 12.9. The molecule has 8 nitrogen and oxygen atoms in total. The third-order valence-corrected chi connectivity index (χ3v) is 4.58. The monoisotopic (exact) mass is 390 g/mol. The van der Waals surface area contributed by atoms with E-state index in [-0.39, 0.29) is 30.5 Å². The summed E-state index contributed by atoms with van der Waals surface area (Å²) in [5, 5.41) is 2.59. The SMILES string of the molecule is [N-]=[N+]=CC(=O)CCNC(=O)[C@@H](Cc1ccccc1)N1C(=O)c2ccccc2C1=O. The van der Waals surface area contributed by atoms with Gasteiger partial charge in [0, 0.05) is 19.4 Å². The van der Waals surface area contributed by atoms with E-state index in [4.69, 9.17) is 5.53 Å². The molecule has 29 heavy (non-hydrogen) atoms. The molecule has 3 rings (SSSR count). The molecule has 1 N–H and O–H groups in total. The maximum Gasteiger partial charge on any atom is 0.323 e. The Morgan fingerprint density at radius 1 is 1.00 bits per heavy atom. The molecular formula is C21H18N4O4. The van der Waals surface area contributed by atoms with Gasteiger partial charge in [-0.1, -0.05) is 42.5 Å². The lowest BCUT2D eigenvalue weighted by Crippen LogP contribution is -2.51. The van der Waals surface area contributed by atoms with Gasteiger partial charge in [0.25, 0.3) is 11.8 Å². The number of nitrogens with zero attached hydrogens (tertiary/aromatic N) is 3. The highest BCUT2D eigenvalue weighted by Crippen LogP contribution is 2.26. The van der Waals surface area contributed by atoms with Gasteiger partial charge < -0.3 is 10.8 Å². The molecule has 0 spiro atoms. The lowest BCUT2D eigenvalue weighted by Gasteiger charge is -2.25. The van der Waals surface area contributed by atoms with E-state index in [2.05, 4.69) is 10.1 Å². The number of rotatable bonds is 8. The molecule has 146 valence electrons. The summed E-state index contributed by atoms with van der Waals surface area (Å²) in [5.74, 6) is -2.06. The van der Waals surface area contributed by atoms with Crippen LogP contribution in [0.4, 0.5) is 0 Å². The largest absolute Gasteiger partial charge is 0.361 e. The summed E-state index contributed by atoms with van der Waals surface area (Å²) in [6.45, 7) is -0.0157. The summed E-state index contributed by atoms with van der Waals surface area (Å²) < 4.78 is 0. The van der Waals surface area contributed by atoms with Crippen LogP contribution in [-0.2, 0) is 16.0 Å². The molecule has 0 unspecified atom stereocenters. The van der Waals surface area contributed by atoms with Gasteiger partial charge in [0.2, 0.25) is 11.7 Å². The zero-order valence-corrected chi connectivity index (χ0v) is 15.4. The minimum Gasteiger partial charge on any atom is -0.361 e. The quantitative estimate of drug-likeness (QED) is 0.316. The molecule has 0 radical (unpaired) electrons. The van der Waals surface area contributed by atoms with Crippen molar-refractivity contribution in [3.8, 4) is 0 Å². The molecule has 1 atom stereocenters. The number of hydrogen-bond donors (Lipinski definition) is 1. The van der Waals surface area contributed by atoms with Crippen LogP contribution < -0.4 is 5.32 Å². The summed E-state index contributed by atoms with van der Waals surface area (Å²) in [6.07, 6.45) is 0.817. The molecule has 0 bridgehead atoms. The second-order valence-corrected chi connectivity index (χ2v) is 6.48. The Hall–Kier alpha value is -3.90. The lowest BCUT2D eigenvalue weighted by molar-refractivity contribution is -0.125. The minimum absolute atomic E-state index is 0.0157. The Morgan fingerprint density at radius 2 is 1.59 bits per heavy atom. The fourth-order valence-corrected chi connectivity index (χ4v) is 3.19. The fourth-order valence-electron chi connectivity index (χ4n) is 3.19. The molecule has 1 aliphatic rings. The molecule has 1 heterocycles. The number of imide groups is 1. The first kappa shape index (κ1) is 19.9. The van der Waals surface area contributed by atoms with Gasteiger partial charge in [0.1, 0.15) is 6.04 Å². The highest BCUT2D eigenvalue weighted by molar-refractivity contribution is 6.25. The van der Waals surface area contributed by atoms with Gasteiger partial charge in [-0.25, -0.2) is 0 Å². The predicted molar refractivity (Wildman–Crippen MR) is 103 cm³/mol. The van der Waals surface area contributed by atoms with Gasteiger partial charge >= 0.3 is 6.21 Å². The van der Waals surface area contributed by atoms with Gasteiger partial charge in [-0.05, 0) is 17.7 Å². The number of fused-ring (bicyclic) bond motifs is 1. The van der Waals surface area contributed by atoms with E-state index in [9.17, 15) is 19.2 Å². The Kier molecular flexibility index (Phi) is 6.06. The summed E-state index contributed by atoms with van der Waals surface area (Å²) in [5.41, 5.74) is 9.67. The summed E-state index contributed by atoms with van der Waals surface area (Å²) in [6, 6.07) is 14.4. The van der Waals surface area contributed by atoms with Crippen molar-refractivity contribution in [3.63, 3.8) is 0 Å². The van der Waals surface area contributed by atoms with Crippen molar-refractivity contribution in [3.05, 3.63) is 76.8 Å². The lowest BCUT2D eigenvalue weighted by atomic mass is 10.0. The highest BCUT2D eigenvalue weighted by atomic mass is 16.2. The molecular weight excluding hydrogens is 372 g/mol. The standard InChI is InChI=1S/C21H18N4O4/c22-24-13-15(26)10-11-23-19(27)18(12-14-6-2-1-3-7-14)25-20(28)16-8-4-5-9-17(16)21(25)29/h1-9,13,18H,10-12H2,(H,23,27)/t18-/m1/s1. The fraction of sp³-hybridized carbons (Fsp3) is 0.190. The Morgan fingerprint density at radius 3 is 2.17 bits per heavy atom. The van der Waals surface area contributed by atoms with Crippen LogP contribution in [0.15, 0.2) is 54.6 Å². The van der Waals surface area contributed by atoms with Crippen LogP contribution in [0.3, 0.4) is 0 Å². The van der Waals surface area contributed by atoms with E-state index in [1.807, 2.05) is 6.07 Å². The van der Waals surface area contributed by atoms with Crippen molar-refractivity contribution in [2.24, 2.45) is 0 Å². The number of carbonyl (C=O) groups excluding carboxylic acids is 4. The van der Waals surface area contributed by atoms with Crippen LogP contribution in [-0.4, -0.2) is 52.0 Å². The number of ketones is 1. The van der Waals surface area contributed by atoms with Gasteiger partial charge in [-0.15, -0.1) is 0 Å². The van der Waals surface area contributed by atoms with E-state index in [1.54, 1.807) is 48.5 Å². The predicted octanol–water partition coefficient (Wildman–Crippen LogP) is 1.27. The third kappa shape index (κ3) is 4.34. The number of Topliss-reactive ketones (excluding diaryl/α,β-unsaturated/α-hetero) is 1. The van der Waals surface area contributed by atoms with Crippen molar-refractivity contribution >= 4 is 29.7 Å². The van der Waals surface area contributed by atoms with E-state index in [0.717, 1.165) is 16.7 Å². The highest BCUT2D eigenvalue weighted by Gasteiger charge is 2.42. The van der Waals surface area contributed by atoms with Crippen LogP contribution in [0.5, 0.6) is 0 Å². The zero-order chi connectivity index (χ0) is 20.8. The Balaban J connectivity index is 1.83. The third-order valence-electron chi connectivity index (χ3n) is 4.58. The normalized spacial score (nSPS) is 13.4. The summed E-state index contributed by atoms with van der Waals surface area (Å²) >= 11 is 0. The van der Waals surface area contributed by atoms with Crippen LogP contribution >= 0.6 is 0 Å². The number of carbonyl (C=O) groups is 4. The van der Waals surface area contributed by atoms with Crippen molar-refractivity contribution in [1.82, 2.24) is 10.2 Å². The summed E-state index contributed by atoms with van der Waals surface area (Å²) in [7, 11) is 0. The van der Waals surface area contributed by atoms with Crippen LogP contribution in [0.25, 0.3) is 5.53 Å². The van der Waals surface area contributed by atoms with E-state index < -0.39 is 29.5 Å². The smallest absolute Gasteiger partial charge is 0.323 e. The molecule has 3 amide bonds. The van der Waals surface area contributed by atoms with E-state index >= 15 is 0 Å². The molecule has 2 aromatic carbocycles. The maximum absolute atomic E-state index is 12.9. The van der Waals surface area contributed by atoms with Crippen LogP contribution in [0.1, 0.15) is 32.7 Å². The van der Waals surface area contributed by atoms with Crippen LogP contribution in [0, 0.1) is 0 Å². The van der Waals surface area contributed by atoms with Crippen molar-refractivity contribution in [1.29, 1.82) is 0 Å². The second kappa shape index (κ2) is 8.86. The molecule has 1 aliphatic heterocycles. The van der Waals surface area contributed by atoms with Crippen LogP contribution in [0.2, 0.25) is 0 Å². The van der Waals surface area contributed by atoms with E-state index in [0.29, 0.717) is 0 Å². The average Bonchev–Trinajstić information content (AvgIpc) is 2.98. The number of benzene rings is 2. The average molecular weight is 390 g/mol. The Labute approximate surface area is 166 Å². The van der Waals surface area contributed by atoms with E-state index in [1.165, 1.54) is 0 Å². The summed E-state index contributed by atoms with van der Waals surface area (Å²) in [4.78, 5) is 53.6. The number of hydrogen-bond acceptors (Lipinski definition) is 4. The molecule has 0 fully saturated rings. The number of nitrogens with one attached hydrogen (secondary N) is 1. The van der Waals surface area contributed by atoms with Gasteiger partial charge in [-0.3, -0.25) is 24.1 Å². The first-order valence-electron chi connectivity index (χ1n) is 9.01. The van der Waals surface area contributed by atoms with Crippen molar-refractivity contribution < 1.29 is 24.0 Å². The second-order valence-electron chi connectivity index (χ2n) is 6.48. The Bertz CT molecular complexity index is 977. The van der Waals surface area contributed by atoms with Gasteiger partial charge in [0.15, 0.2) is 0 Å². The van der Waals surface area contributed by atoms with Crippen molar-refractivity contribution in [2.75, 3.05) is 6.54 Å². The molecule has 0 saturated heterocycles.